The highest BCUT2D eigenvalue weighted by Crippen LogP contribution is 2.26. The number of rotatable bonds is 10. The zero-order valence-electron chi connectivity index (χ0n) is 12.3. The summed E-state index contributed by atoms with van der Waals surface area (Å²) in [4.78, 5) is 0. The second-order valence-corrected chi connectivity index (χ2v) is 7.61. The lowest BCUT2D eigenvalue weighted by atomic mass is 9.84. The van der Waals surface area contributed by atoms with Gasteiger partial charge in [-0.1, -0.05) is 40.5 Å². The molecule has 0 N–H and O–H groups in total. The van der Waals surface area contributed by atoms with Crippen LogP contribution in [0.4, 0.5) is 0 Å². The molecule has 0 saturated carbocycles. The van der Waals surface area contributed by atoms with Gasteiger partial charge in [-0.15, -0.1) is 0 Å². The molecule has 1 nitrogen and oxygen atoms in total. The van der Waals surface area contributed by atoms with Gasteiger partial charge in [0.2, 0.25) is 0 Å². The van der Waals surface area contributed by atoms with Gasteiger partial charge in [0.1, 0.15) is 0 Å². The maximum Gasteiger partial charge on any atom is 0.0822 e. The SMILES string of the molecule is CC(CCSCCCCCC[O])CC(C)(C)C. The van der Waals surface area contributed by atoms with Gasteiger partial charge in [-0.2, -0.15) is 11.8 Å². The van der Waals surface area contributed by atoms with E-state index >= 15 is 0 Å². The van der Waals surface area contributed by atoms with Crippen LogP contribution in [0.15, 0.2) is 0 Å². The average Bonchev–Trinajstić information content (AvgIpc) is 2.19. The molecule has 0 aromatic rings. The van der Waals surface area contributed by atoms with Gasteiger partial charge in [0, 0.05) is 0 Å². The van der Waals surface area contributed by atoms with Crippen LogP contribution in [-0.4, -0.2) is 18.1 Å². The van der Waals surface area contributed by atoms with Crippen LogP contribution >= 0.6 is 11.8 Å². The predicted molar refractivity (Wildman–Crippen MR) is 79.2 cm³/mol. The highest BCUT2D eigenvalue weighted by atomic mass is 32.2. The monoisotopic (exact) mass is 259 g/mol. The van der Waals surface area contributed by atoms with Crippen molar-refractivity contribution in [1.82, 2.24) is 0 Å². The third-order valence-electron chi connectivity index (χ3n) is 2.90. The van der Waals surface area contributed by atoms with Crippen LogP contribution in [-0.2, 0) is 5.11 Å². The van der Waals surface area contributed by atoms with E-state index < -0.39 is 0 Å². The van der Waals surface area contributed by atoms with E-state index in [9.17, 15) is 5.11 Å². The standard InChI is InChI=1S/C15H31OS/c1-14(13-15(2,3)4)9-12-17-11-8-6-5-7-10-16/h14H,5-13H2,1-4H3. The molecule has 0 heterocycles. The molecule has 2 heteroatoms. The zero-order chi connectivity index (χ0) is 13.1. The van der Waals surface area contributed by atoms with Crippen LogP contribution in [0.5, 0.6) is 0 Å². The van der Waals surface area contributed by atoms with Crippen molar-refractivity contribution in [2.75, 3.05) is 18.1 Å². The van der Waals surface area contributed by atoms with Crippen molar-refractivity contribution >= 4 is 11.8 Å². The summed E-state index contributed by atoms with van der Waals surface area (Å²) in [7, 11) is 0. The first kappa shape index (κ1) is 17.3. The fraction of sp³-hybridized carbons (Fsp3) is 1.00. The zero-order valence-corrected chi connectivity index (χ0v) is 13.1. The number of hydrogen-bond acceptors (Lipinski definition) is 1. The first-order chi connectivity index (χ1) is 7.95. The lowest BCUT2D eigenvalue weighted by Crippen LogP contribution is -2.11. The van der Waals surface area contributed by atoms with Gasteiger partial charge in [-0.05, 0) is 48.5 Å². The minimum Gasteiger partial charge on any atom is -0.237 e. The Morgan fingerprint density at radius 2 is 1.65 bits per heavy atom. The van der Waals surface area contributed by atoms with Crippen molar-refractivity contribution in [1.29, 1.82) is 0 Å². The molecule has 0 fully saturated rings. The highest BCUT2D eigenvalue weighted by molar-refractivity contribution is 7.99. The van der Waals surface area contributed by atoms with Crippen molar-refractivity contribution in [3.05, 3.63) is 0 Å². The van der Waals surface area contributed by atoms with Crippen LogP contribution in [0, 0.1) is 11.3 Å². The molecule has 0 aromatic carbocycles. The van der Waals surface area contributed by atoms with Gasteiger partial charge in [-0.3, -0.25) is 0 Å². The largest absolute Gasteiger partial charge is 0.237 e. The summed E-state index contributed by atoms with van der Waals surface area (Å²) in [6, 6.07) is 0. The van der Waals surface area contributed by atoms with E-state index in [1.165, 1.54) is 37.2 Å². The number of thioether (sulfide) groups is 1. The van der Waals surface area contributed by atoms with Crippen LogP contribution in [0.25, 0.3) is 0 Å². The fourth-order valence-electron chi connectivity index (χ4n) is 2.19. The minimum absolute atomic E-state index is 0.109. The summed E-state index contributed by atoms with van der Waals surface area (Å²) in [5, 5.41) is 10.2. The molecule has 0 aliphatic heterocycles. The Morgan fingerprint density at radius 1 is 1.00 bits per heavy atom. The summed E-state index contributed by atoms with van der Waals surface area (Å²) in [6.45, 7) is 9.46. The molecule has 1 radical (unpaired) electrons. The molecule has 17 heavy (non-hydrogen) atoms. The first-order valence-electron chi connectivity index (χ1n) is 7.11. The summed E-state index contributed by atoms with van der Waals surface area (Å²) in [5.74, 6) is 3.43. The van der Waals surface area contributed by atoms with E-state index in [1.54, 1.807) is 0 Å². The topological polar surface area (TPSA) is 19.9 Å². The van der Waals surface area contributed by atoms with Crippen LogP contribution < -0.4 is 0 Å². The van der Waals surface area contributed by atoms with Crippen molar-refractivity contribution < 1.29 is 5.11 Å². The summed E-state index contributed by atoms with van der Waals surface area (Å²) < 4.78 is 0. The number of unbranched alkanes of at least 4 members (excludes halogenated alkanes) is 3. The second kappa shape index (κ2) is 10.3. The van der Waals surface area contributed by atoms with E-state index in [-0.39, 0.29) is 6.61 Å². The molecule has 103 valence electrons. The maximum atomic E-state index is 10.2. The molecule has 0 aromatic heterocycles. The van der Waals surface area contributed by atoms with Crippen LogP contribution in [0.2, 0.25) is 0 Å². The molecule has 0 saturated heterocycles. The van der Waals surface area contributed by atoms with E-state index in [0.29, 0.717) is 5.41 Å². The smallest absolute Gasteiger partial charge is 0.0822 e. The fourth-order valence-corrected chi connectivity index (χ4v) is 3.38. The maximum absolute atomic E-state index is 10.2. The van der Waals surface area contributed by atoms with Gasteiger partial charge in [-0.25, -0.2) is 5.11 Å². The van der Waals surface area contributed by atoms with E-state index in [0.717, 1.165) is 18.8 Å². The Morgan fingerprint density at radius 3 is 2.24 bits per heavy atom. The van der Waals surface area contributed by atoms with Gasteiger partial charge < -0.3 is 0 Å². The lowest BCUT2D eigenvalue weighted by molar-refractivity contribution is 0.186. The molecule has 0 rings (SSSR count). The molecule has 0 amide bonds. The Hall–Kier alpha value is 0.310. The Labute approximate surface area is 113 Å². The molecule has 0 bridgehead atoms. The van der Waals surface area contributed by atoms with Gasteiger partial charge in [0.05, 0.1) is 6.61 Å². The van der Waals surface area contributed by atoms with E-state index in [4.69, 9.17) is 0 Å². The molecule has 1 atom stereocenters. The van der Waals surface area contributed by atoms with E-state index in [2.05, 4.69) is 39.5 Å². The predicted octanol–water partition coefficient (Wildman–Crippen LogP) is 5.17. The second-order valence-electron chi connectivity index (χ2n) is 6.39. The molecule has 1 unspecified atom stereocenters. The van der Waals surface area contributed by atoms with Crippen molar-refractivity contribution in [2.24, 2.45) is 11.3 Å². The first-order valence-corrected chi connectivity index (χ1v) is 8.27. The molecule has 0 spiro atoms. The number of hydrogen-bond donors (Lipinski definition) is 0. The van der Waals surface area contributed by atoms with E-state index in [1.807, 2.05) is 0 Å². The molecular formula is C15H31OS. The average molecular weight is 259 g/mol. The Bertz CT molecular complexity index is 163. The highest BCUT2D eigenvalue weighted by Gasteiger charge is 2.14. The summed E-state index contributed by atoms with van der Waals surface area (Å²) >= 11 is 2.09. The summed E-state index contributed by atoms with van der Waals surface area (Å²) in [5.41, 5.74) is 0.475. The third kappa shape index (κ3) is 14.2. The van der Waals surface area contributed by atoms with Crippen molar-refractivity contribution in [3.8, 4) is 0 Å². The summed E-state index contributed by atoms with van der Waals surface area (Å²) in [6.07, 6.45) is 7.21. The molecular weight excluding hydrogens is 228 g/mol. The normalized spacial score (nSPS) is 13.9. The van der Waals surface area contributed by atoms with Crippen LogP contribution in [0.1, 0.15) is 66.2 Å². The molecule has 0 aliphatic carbocycles. The van der Waals surface area contributed by atoms with Crippen molar-refractivity contribution in [2.45, 2.75) is 66.2 Å². The van der Waals surface area contributed by atoms with Crippen LogP contribution in [0.3, 0.4) is 0 Å². The van der Waals surface area contributed by atoms with Gasteiger partial charge in [0.25, 0.3) is 0 Å². The lowest BCUT2D eigenvalue weighted by Gasteiger charge is -2.23. The van der Waals surface area contributed by atoms with Gasteiger partial charge in [0.15, 0.2) is 0 Å². The quantitative estimate of drug-likeness (QED) is 0.495. The Kier molecular flexibility index (Phi) is 10.4. The van der Waals surface area contributed by atoms with Crippen molar-refractivity contribution in [3.63, 3.8) is 0 Å². The van der Waals surface area contributed by atoms with Gasteiger partial charge >= 0.3 is 0 Å². The third-order valence-corrected chi connectivity index (χ3v) is 4.00. The minimum atomic E-state index is 0.109. The Balaban J connectivity index is 3.22. The molecule has 0 aliphatic rings.